The molecule has 1 N–H and O–H groups in total. The van der Waals surface area contributed by atoms with E-state index in [-0.39, 0.29) is 0 Å². The van der Waals surface area contributed by atoms with E-state index in [1.165, 1.54) is 18.5 Å². The molecule has 0 amide bonds. The van der Waals surface area contributed by atoms with Gasteiger partial charge < -0.3 is 15.0 Å². The van der Waals surface area contributed by atoms with Crippen LogP contribution in [0, 0.1) is 17.8 Å². The van der Waals surface area contributed by atoms with Crippen molar-refractivity contribution < 1.29 is 4.74 Å². The van der Waals surface area contributed by atoms with Gasteiger partial charge in [-0.1, -0.05) is 13.8 Å². The summed E-state index contributed by atoms with van der Waals surface area (Å²) in [6.07, 6.45) is 2.64. The lowest BCUT2D eigenvalue weighted by Gasteiger charge is -2.41. The van der Waals surface area contributed by atoms with E-state index in [0.717, 1.165) is 24.1 Å². The number of ether oxygens (including phenoxy) is 1. The first-order chi connectivity index (χ1) is 10.0. The Bertz CT molecular complexity index is 431. The van der Waals surface area contributed by atoms with Crippen molar-refractivity contribution in [3.05, 3.63) is 24.3 Å². The van der Waals surface area contributed by atoms with Gasteiger partial charge in [0.1, 0.15) is 5.75 Å². The van der Waals surface area contributed by atoms with Gasteiger partial charge in [-0.25, -0.2) is 0 Å². The van der Waals surface area contributed by atoms with E-state index in [9.17, 15) is 0 Å². The van der Waals surface area contributed by atoms with Crippen molar-refractivity contribution in [2.75, 3.05) is 32.6 Å². The summed E-state index contributed by atoms with van der Waals surface area (Å²) in [5.74, 6) is 3.23. The van der Waals surface area contributed by atoms with E-state index in [2.05, 4.69) is 50.3 Å². The van der Waals surface area contributed by atoms with Crippen molar-refractivity contribution in [1.82, 2.24) is 5.32 Å². The number of hydrogen-bond donors (Lipinski definition) is 1. The van der Waals surface area contributed by atoms with Crippen molar-refractivity contribution >= 4 is 5.69 Å². The minimum absolute atomic E-state index is 0.629. The number of benzene rings is 1. The van der Waals surface area contributed by atoms with E-state index in [1.807, 2.05) is 12.1 Å². The smallest absolute Gasteiger partial charge is 0.119 e. The van der Waals surface area contributed by atoms with Crippen LogP contribution in [0.25, 0.3) is 0 Å². The zero-order valence-corrected chi connectivity index (χ0v) is 14.1. The highest BCUT2D eigenvalue weighted by Crippen LogP contribution is 2.34. The SMILES string of the molecule is CNC1CC(C)CC(C)C1CN(C)c1ccc(OC)cc1. The first-order valence-electron chi connectivity index (χ1n) is 8.07. The van der Waals surface area contributed by atoms with Gasteiger partial charge in [0.25, 0.3) is 0 Å². The second-order valence-corrected chi connectivity index (χ2v) is 6.69. The Morgan fingerprint density at radius 1 is 1.19 bits per heavy atom. The molecule has 0 heterocycles. The molecule has 21 heavy (non-hydrogen) atoms. The van der Waals surface area contributed by atoms with Crippen LogP contribution in [0.3, 0.4) is 0 Å². The Morgan fingerprint density at radius 2 is 1.86 bits per heavy atom. The normalized spacial score (nSPS) is 29.2. The van der Waals surface area contributed by atoms with Crippen molar-refractivity contribution in [1.29, 1.82) is 0 Å². The molecule has 0 saturated heterocycles. The molecule has 118 valence electrons. The molecule has 3 nitrogen and oxygen atoms in total. The van der Waals surface area contributed by atoms with Gasteiger partial charge in [0.15, 0.2) is 0 Å². The molecule has 1 fully saturated rings. The van der Waals surface area contributed by atoms with Gasteiger partial charge in [0, 0.05) is 25.3 Å². The minimum Gasteiger partial charge on any atom is -0.497 e. The van der Waals surface area contributed by atoms with Crippen LogP contribution < -0.4 is 15.0 Å². The summed E-state index contributed by atoms with van der Waals surface area (Å²) in [5.41, 5.74) is 1.26. The number of methoxy groups -OCH3 is 1. The molecule has 2 rings (SSSR count). The number of hydrogen-bond acceptors (Lipinski definition) is 3. The molecular formula is C18H30N2O. The zero-order valence-electron chi connectivity index (χ0n) is 14.1. The first kappa shape index (κ1) is 16.2. The lowest BCUT2D eigenvalue weighted by Crippen LogP contribution is -2.47. The Balaban J connectivity index is 2.03. The van der Waals surface area contributed by atoms with Gasteiger partial charge >= 0.3 is 0 Å². The third-order valence-corrected chi connectivity index (χ3v) is 5.05. The fourth-order valence-corrected chi connectivity index (χ4v) is 3.81. The molecular weight excluding hydrogens is 260 g/mol. The predicted octanol–water partition coefficient (Wildman–Crippen LogP) is 3.40. The number of anilines is 1. The van der Waals surface area contributed by atoms with Crippen LogP contribution in [0.1, 0.15) is 26.7 Å². The summed E-state index contributed by atoms with van der Waals surface area (Å²) in [6, 6.07) is 8.98. The maximum absolute atomic E-state index is 5.23. The summed E-state index contributed by atoms with van der Waals surface area (Å²) < 4.78 is 5.23. The molecule has 0 spiro atoms. The second-order valence-electron chi connectivity index (χ2n) is 6.69. The Labute approximate surface area is 129 Å². The van der Waals surface area contributed by atoms with E-state index in [4.69, 9.17) is 4.74 Å². The molecule has 1 aromatic rings. The molecule has 1 aliphatic rings. The van der Waals surface area contributed by atoms with Gasteiger partial charge in [0.2, 0.25) is 0 Å². The zero-order chi connectivity index (χ0) is 15.4. The number of nitrogens with zero attached hydrogens (tertiary/aromatic N) is 1. The molecule has 0 aromatic heterocycles. The summed E-state index contributed by atoms with van der Waals surface area (Å²) in [7, 11) is 6.01. The molecule has 0 bridgehead atoms. The lowest BCUT2D eigenvalue weighted by molar-refractivity contribution is 0.158. The van der Waals surface area contributed by atoms with Crippen LogP contribution in [0.15, 0.2) is 24.3 Å². The molecule has 0 aliphatic heterocycles. The van der Waals surface area contributed by atoms with Crippen molar-refractivity contribution in [2.45, 2.75) is 32.7 Å². The summed E-state index contributed by atoms with van der Waals surface area (Å²) in [4.78, 5) is 2.38. The largest absolute Gasteiger partial charge is 0.497 e. The van der Waals surface area contributed by atoms with E-state index < -0.39 is 0 Å². The highest BCUT2D eigenvalue weighted by atomic mass is 16.5. The average Bonchev–Trinajstić information content (AvgIpc) is 2.49. The van der Waals surface area contributed by atoms with E-state index in [0.29, 0.717) is 12.0 Å². The van der Waals surface area contributed by atoms with Crippen molar-refractivity contribution in [3.8, 4) is 5.75 Å². The Hall–Kier alpha value is -1.22. The van der Waals surface area contributed by atoms with Crippen LogP contribution in [0.2, 0.25) is 0 Å². The molecule has 1 saturated carbocycles. The molecule has 3 heteroatoms. The van der Waals surface area contributed by atoms with E-state index >= 15 is 0 Å². The van der Waals surface area contributed by atoms with Crippen LogP contribution >= 0.6 is 0 Å². The highest BCUT2D eigenvalue weighted by molar-refractivity contribution is 5.48. The van der Waals surface area contributed by atoms with Gasteiger partial charge in [-0.15, -0.1) is 0 Å². The fourth-order valence-electron chi connectivity index (χ4n) is 3.81. The first-order valence-corrected chi connectivity index (χ1v) is 8.07. The minimum atomic E-state index is 0.629. The number of nitrogens with one attached hydrogen (secondary N) is 1. The van der Waals surface area contributed by atoms with Gasteiger partial charge in [-0.3, -0.25) is 0 Å². The second kappa shape index (κ2) is 7.17. The van der Waals surface area contributed by atoms with Gasteiger partial charge in [-0.2, -0.15) is 0 Å². The summed E-state index contributed by atoms with van der Waals surface area (Å²) in [6.45, 7) is 5.89. The lowest BCUT2D eigenvalue weighted by atomic mass is 9.72. The third-order valence-electron chi connectivity index (χ3n) is 5.05. The number of rotatable bonds is 5. The third kappa shape index (κ3) is 3.91. The molecule has 1 aromatic carbocycles. The monoisotopic (exact) mass is 290 g/mol. The Morgan fingerprint density at radius 3 is 2.43 bits per heavy atom. The van der Waals surface area contributed by atoms with Gasteiger partial charge in [0.05, 0.1) is 7.11 Å². The van der Waals surface area contributed by atoms with Crippen LogP contribution in [0.4, 0.5) is 5.69 Å². The van der Waals surface area contributed by atoms with Crippen LogP contribution in [-0.2, 0) is 0 Å². The van der Waals surface area contributed by atoms with Crippen molar-refractivity contribution in [2.24, 2.45) is 17.8 Å². The maximum Gasteiger partial charge on any atom is 0.119 e. The molecule has 4 atom stereocenters. The molecule has 0 radical (unpaired) electrons. The fraction of sp³-hybridized carbons (Fsp3) is 0.667. The topological polar surface area (TPSA) is 24.5 Å². The van der Waals surface area contributed by atoms with Crippen LogP contribution in [-0.4, -0.2) is 33.8 Å². The van der Waals surface area contributed by atoms with E-state index in [1.54, 1.807) is 7.11 Å². The molecule has 4 unspecified atom stereocenters. The standard InChI is InChI=1S/C18H30N2O/c1-13-10-14(2)17(18(11-13)19-3)12-20(4)15-6-8-16(21-5)9-7-15/h6-9,13-14,17-19H,10-12H2,1-5H3. The highest BCUT2D eigenvalue weighted by Gasteiger charge is 2.33. The maximum atomic E-state index is 5.23. The van der Waals surface area contributed by atoms with Crippen molar-refractivity contribution in [3.63, 3.8) is 0 Å². The average molecular weight is 290 g/mol. The molecule has 1 aliphatic carbocycles. The van der Waals surface area contributed by atoms with Gasteiger partial charge in [-0.05, 0) is 61.9 Å². The predicted molar refractivity (Wildman–Crippen MR) is 90.2 cm³/mol. The Kier molecular flexibility index (Phi) is 5.51. The van der Waals surface area contributed by atoms with Crippen LogP contribution in [0.5, 0.6) is 5.75 Å². The summed E-state index contributed by atoms with van der Waals surface area (Å²) in [5, 5.41) is 3.54. The summed E-state index contributed by atoms with van der Waals surface area (Å²) >= 11 is 0. The quantitative estimate of drug-likeness (QED) is 0.899.